The Morgan fingerprint density at radius 3 is 2.65 bits per heavy atom. The topological polar surface area (TPSA) is 85.3 Å². The number of aliphatic carboxylic acids is 1. The minimum absolute atomic E-state index is 0.172. The molecular weight excluding hydrogens is 302 g/mol. The summed E-state index contributed by atoms with van der Waals surface area (Å²) < 4.78 is 16.0. The van der Waals surface area contributed by atoms with Gasteiger partial charge in [-0.2, -0.15) is 0 Å². The Labute approximate surface area is 133 Å². The van der Waals surface area contributed by atoms with Crippen molar-refractivity contribution in [2.75, 3.05) is 13.3 Å². The molecule has 2 aliphatic heterocycles. The van der Waals surface area contributed by atoms with E-state index < -0.39 is 18.2 Å². The molecule has 1 N–H and O–H groups in total. The zero-order valence-electron chi connectivity index (χ0n) is 12.9. The van der Waals surface area contributed by atoms with Gasteiger partial charge in [-0.1, -0.05) is 6.07 Å². The highest BCUT2D eigenvalue weighted by molar-refractivity contribution is 5.82. The van der Waals surface area contributed by atoms with Gasteiger partial charge >= 0.3 is 5.97 Å². The van der Waals surface area contributed by atoms with Crippen molar-refractivity contribution in [2.24, 2.45) is 0 Å². The second-order valence-corrected chi connectivity index (χ2v) is 5.57. The van der Waals surface area contributed by atoms with Crippen molar-refractivity contribution in [1.29, 1.82) is 0 Å². The summed E-state index contributed by atoms with van der Waals surface area (Å²) in [4.78, 5) is 25.1. The molecular formula is C16H19NO6. The molecule has 7 nitrogen and oxygen atoms in total. The maximum Gasteiger partial charge on any atom is 0.332 e. The molecule has 0 aliphatic carbocycles. The van der Waals surface area contributed by atoms with Crippen molar-refractivity contribution >= 4 is 11.9 Å². The van der Waals surface area contributed by atoms with Gasteiger partial charge in [0.2, 0.25) is 6.79 Å². The molecule has 1 aromatic carbocycles. The molecule has 0 aromatic heterocycles. The van der Waals surface area contributed by atoms with Gasteiger partial charge in [0, 0.05) is 13.1 Å². The molecule has 7 heteroatoms. The van der Waals surface area contributed by atoms with E-state index in [1.165, 1.54) is 0 Å². The van der Waals surface area contributed by atoms with E-state index in [9.17, 15) is 9.59 Å². The summed E-state index contributed by atoms with van der Waals surface area (Å²) in [5, 5.41) is 8.96. The summed E-state index contributed by atoms with van der Waals surface area (Å²) in [5.41, 5.74) is 0.928. The SMILES string of the molecule is CCN(Cc1ccc2c(c1)OCO2)C(=O)[C@@H]1CC[C@H](C(=O)O)O1. The van der Waals surface area contributed by atoms with E-state index in [4.69, 9.17) is 19.3 Å². The standard InChI is InChI=1S/C16H19NO6/c1-2-17(15(18)12-5-6-13(23-12)16(19)20)8-10-3-4-11-14(7-10)22-9-21-11/h3-4,7,12-13H,2,5-6,8-9H2,1H3,(H,19,20)/t12-,13+/m0/s1. The molecule has 3 rings (SSSR count). The van der Waals surface area contributed by atoms with Crippen LogP contribution in [-0.4, -0.2) is 47.4 Å². The van der Waals surface area contributed by atoms with Crippen LogP contribution in [0.4, 0.5) is 0 Å². The normalized spacial score (nSPS) is 22.1. The van der Waals surface area contributed by atoms with Crippen LogP contribution in [0.5, 0.6) is 11.5 Å². The number of rotatable bonds is 5. The molecule has 0 bridgehead atoms. The summed E-state index contributed by atoms with van der Waals surface area (Å²) in [5.74, 6) is 0.189. The van der Waals surface area contributed by atoms with Crippen molar-refractivity contribution < 1.29 is 28.9 Å². The fraction of sp³-hybridized carbons (Fsp3) is 0.500. The van der Waals surface area contributed by atoms with Crippen LogP contribution in [0.15, 0.2) is 18.2 Å². The van der Waals surface area contributed by atoms with Crippen molar-refractivity contribution in [3.8, 4) is 11.5 Å². The van der Waals surface area contributed by atoms with Crippen LogP contribution in [0.1, 0.15) is 25.3 Å². The highest BCUT2D eigenvalue weighted by Crippen LogP contribution is 2.33. The minimum atomic E-state index is -1.01. The number of hydrogen-bond donors (Lipinski definition) is 1. The number of carboxylic acids is 1. The summed E-state index contributed by atoms with van der Waals surface area (Å²) >= 11 is 0. The average Bonchev–Trinajstić information content (AvgIpc) is 3.20. The summed E-state index contributed by atoms with van der Waals surface area (Å²) in [6.07, 6.45) is -0.751. The Morgan fingerprint density at radius 2 is 1.96 bits per heavy atom. The maximum atomic E-state index is 12.5. The molecule has 124 valence electrons. The van der Waals surface area contributed by atoms with Crippen LogP contribution in [0, 0.1) is 0 Å². The molecule has 1 saturated heterocycles. The first-order chi connectivity index (χ1) is 11.1. The van der Waals surface area contributed by atoms with Crippen molar-refractivity contribution in [3.63, 3.8) is 0 Å². The molecule has 23 heavy (non-hydrogen) atoms. The highest BCUT2D eigenvalue weighted by Gasteiger charge is 2.36. The average molecular weight is 321 g/mol. The van der Waals surface area contributed by atoms with E-state index in [2.05, 4.69) is 0 Å². The van der Waals surface area contributed by atoms with Gasteiger partial charge in [-0.15, -0.1) is 0 Å². The zero-order chi connectivity index (χ0) is 16.4. The van der Waals surface area contributed by atoms with Gasteiger partial charge in [-0.25, -0.2) is 4.79 Å². The predicted molar refractivity (Wildman–Crippen MR) is 79.2 cm³/mol. The van der Waals surface area contributed by atoms with Gasteiger partial charge in [0.05, 0.1) is 0 Å². The van der Waals surface area contributed by atoms with Gasteiger partial charge in [-0.05, 0) is 37.5 Å². The number of nitrogens with zero attached hydrogens (tertiary/aromatic N) is 1. The van der Waals surface area contributed by atoms with E-state index in [1.807, 2.05) is 25.1 Å². The third-order valence-corrected chi connectivity index (χ3v) is 4.07. The molecule has 1 aromatic rings. The number of ether oxygens (including phenoxy) is 3. The smallest absolute Gasteiger partial charge is 0.332 e. The summed E-state index contributed by atoms with van der Waals surface area (Å²) in [7, 11) is 0. The van der Waals surface area contributed by atoms with Crippen molar-refractivity contribution in [2.45, 2.75) is 38.5 Å². The summed E-state index contributed by atoms with van der Waals surface area (Å²) in [6, 6.07) is 5.56. The van der Waals surface area contributed by atoms with Gasteiger partial charge < -0.3 is 24.2 Å². The van der Waals surface area contributed by atoms with E-state index in [0.717, 1.165) is 5.56 Å². The number of likely N-dealkylation sites (N-methyl/N-ethyl adjacent to an activating group) is 1. The molecule has 1 amide bonds. The van der Waals surface area contributed by atoms with Crippen LogP contribution >= 0.6 is 0 Å². The Balaban J connectivity index is 1.65. The van der Waals surface area contributed by atoms with Crippen LogP contribution < -0.4 is 9.47 Å². The molecule has 0 radical (unpaired) electrons. The first kappa shape index (κ1) is 15.6. The first-order valence-corrected chi connectivity index (χ1v) is 7.64. The second-order valence-electron chi connectivity index (χ2n) is 5.57. The van der Waals surface area contributed by atoms with E-state index in [1.54, 1.807) is 4.90 Å². The molecule has 2 heterocycles. The molecule has 0 unspecified atom stereocenters. The lowest BCUT2D eigenvalue weighted by Crippen LogP contribution is -2.39. The Hall–Kier alpha value is -2.28. The van der Waals surface area contributed by atoms with Gasteiger partial charge in [0.25, 0.3) is 5.91 Å². The Kier molecular flexibility index (Phi) is 4.38. The van der Waals surface area contributed by atoms with Gasteiger partial charge in [0.15, 0.2) is 17.6 Å². The Morgan fingerprint density at radius 1 is 1.22 bits per heavy atom. The van der Waals surface area contributed by atoms with Gasteiger partial charge in [0.1, 0.15) is 6.10 Å². The van der Waals surface area contributed by atoms with Crippen molar-refractivity contribution in [3.05, 3.63) is 23.8 Å². The van der Waals surface area contributed by atoms with Crippen LogP contribution in [0.25, 0.3) is 0 Å². The maximum absolute atomic E-state index is 12.5. The first-order valence-electron chi connectivity index (χ1n) is 7.64. The highest BCUT2D eigenvalue weighted by atomic mass is 16.7. The van der Waals surface area contributed by atoms with E-state index in [-0.39, 0.29) is 12.7 Å². The van der Waals surface area contributed by atoms with Crippen LogP contribution in [-0.2, 0) is 20.9 Å². The fourth-order valence-electron chi connectivity index (χ4n) is 2.81. The predicted octanol–water partition coefficient (Wildman–Crippen LogP) is 1.40. The van der Waals surface area contributed by atoms with Gasteiger partial charge in [-0.3, -0.25) is 4.79 Å². The second kappa shape index (κ2) is 6.45. The number of carbonyl (C=O) groups excluding carboxylic acids is 1. The van der Waals surface area contributed by atoms with Crippen LogP contribution in [0.3, 0.4) is 0 Å². The van der Waals surface area contributed by atoms with Crippen LogP contribution in [0.2, 0.25) is 0 Å². The molecule has 1 fully saturated rings. The Bertz CT molecular complexity index is 617. The molecule has 0 saturated carbocycles. The number of carbonyl (C=O) groups is 2. The number of amides is 1. The third-order valence-electron chi connectivity index (χ3n) is 4.07. The number of hydrogen-bond acceptors (Lipinski definition) is 5. The number of benzene rings is 1. The van der Waals surface area contributed by atoms with Crippen molar-refractivity contribution in [1.82, 2.24) is 4.90 Å². The lowest BCUT2D eigenvalue weighted by atomic mass is 10.1. The third kappa shape index (κ3) is 3.24. The quantitative estimate of drug-likeness (QED) is 0.882. The van der Waals surface area contributed by atoms with E-state index >= 15 is 0 Å². The number of fused-ring (bicyclic) bond motifs is 1. The molecule has 2 atom stereocenters. The number of carboxylic acid groups (broad SMARTS) is 1. The molecule has 0 spiro atoms. The van der Waals surface area contributed by atoms with E-state index in [0.29, 0.717) is 37.4 Å². The summed E-state index contributed by atoms with van der Waals surface area (Å²) in [6.45, 7) is 3.03. The monoisotopic (exact) mass is 321 g/mol. The molecule has 2 aliphatic rings. The lowest BCUT2D eigenvalue weighted by molar-refractivity contribution is -0.155. The largest absolute Gasteiger partial charge is 0.479 e. The lowest BCUT2D eigenvalue weighted by Gasteiger charge is -2.24. The zero-order valence-corrected chi connectivity index (χ0v) is 12.9. The minimum Gasteiger partial charge on any atom is -0.479 e. The fourth-order valence-corrected chi connectivity index (χ4v) is 2.81.